The molecule has 82 valence electrons. The first-order chi connectivity index (χ1) is 7.88. The fraction of sp³-hybridized carbons (Fsp3) is 0.273. The third kappa shape index (κ3) is 1.41. The van der Waals surface area contributed by atoms with Crippen LogP contribution in [0.5, 0.6) is 0 Å². The highest BCUT2D eigenvalue weighted by Gasteiger charge is 2.30. The highest BCUT2D eigenvalue weighted by molar-refractivity contribution is 5.43. The summed E-state index contributed by atoms with van der Waals surface area (Å²) in [5.41, 5.74) is 2.64. The third-order valence-electron chi connectivity index (χ3n) is 2.86. The van der Waals surface area contributed by atoms with E-state index in [0.29, 0.717) is 11.7 Å². The van der Waals surface area contributed by atoms with Crippen LogP contribution in [-0.4, -0.2) is 10.1 Å². The average Bonchev–Trinajstić information content (AvgIpc) is 2.69. The summed E-state index contributed by atoms with van der Waals surface area (Å²) in [6.07, 6.45) is 0.971. The van der Waals surface area contributed by atoms with Gasteiger partial charge in [0.1, 0.15) is 6.61 Å². The van der Waals surface area contributed by atoms with Crippen LogP contribution in [0.2, 0.25) is 0 Å². The highest BCUT2D eigenvalue weighted by Crippen LogP contribution is 2.38. The van der Waals surface area contributed by atoms with Crippen LogP contribution in [0.1, 0.15) is 28.8 Å². The molecule has 0 aliphatic heterocycles. The van der Waals surface area contributed by atoms with Crippen LogP contribution in [0.15, 0.2) is 28.8 Å². The standard InChI is InChI=1S/C11H11N3O2/c12-15-6-10-13-11(14-16-10)9-5-7-3-1-2-4-8(7)9/h1-4,9H,5-6,12H2. The predicted octanol–water partition coefficient (Wildman–Crippen LogP) is 1.15. The van der Waals surface area contributed by atoms with Crippen molar-refractivity contribution in [2.45, 2.75) is 18.9 Å². The van der Waals surface area contributed by atoms with Crippen molar-refractivity contribution in [3.05, 3.63) is 47.1 Å². The fourth-order valence-electron chi connectivity index (χ4n) is 2.03. The number of fused-ring (bicyclic) bond motifs is 1. The molecule has 0 amide bonds. The summed E-state index contributed by atoms with van der Waals surface area (Å²) in [4.78, 5) is 8.68. The zero-order valence-corrected chi connectivity index (χ0v) is 8.59. The van der Waals surface area contributed by atoms with Gasteiger partial charge in [0.15, 0.2) is 5.82 Å². The lowest BCUT2D eigenvalue weighted by Crippen LogP contribution is -2.19. The van der Waals surface area contributed by atoms with E-state index in [1.165, 1.54) is 11.1 Å². The largest absolute Gasteiger partial charge is 0.337 e. The molecule has 1 aliphatic carbocycles. The molecule has 16 heavy (non-hydrogen) atoms. The summed E-state index contributed by atoms with van der Waals surface area (Å²) in [6.45, 7) is 0.154. The van der Waals surface area contributed by atoms with Crippen LogP contribution < -0.4 is 5.90 Å². The molecule has 1 aromatic carbocycles. The first-order valence-electron chi connectivity index (χ1n) is 5.10. The van der Waals surface area contributed by atoms with Gasteiger partial charge in [0.2, 0.25) is 0 Å². The number of rotatable bonds is 3. The summed E-state index contributed by atoms with van der Waals surface area (Å²) in [5, 5.41) is 3.93. The fourth-order valence-corrected chi connectivity index (χ4v) is 2.03. The molecule has 5 heteroatoms. The minimum atomic E-state index is 0.154. The van der Waals surface area contributed by atoms with E-state index in [1.807, 2.05) is 12.1 Å². The Hall–Kier alpha value is -1.72. The Morgan fingerprint density at radius 3 is 3.12 bits per heavy atom. The lowest BCUT2D eigenvalue weighted by Gasteiger charge is -2.27. The van der Waals surface area contributed by atoms with Crippen molar-refractivity contribution >= 4 is 0 Å². The van der Waals surface area contributed by atoms with Crippen LogP contribution in [0.3, 0.4) is 0 Å². The van der Waals surface area contributed by atoms with E-state index in [1.54, 1.807) is 0 Å². The van der Waals surface area contributed by atoms with Gasteiger partial charge in [0.25, 0.3) is 5.89 Å². The quantitative estimate of drug-likeness (QED) is 0.780. The highest BCUT2D eigenvalue weighted by atomic mass is 16.6. The van der Waals surface area contributed by atoms with Gasteiger partial charge in [-0.2, -0.15) is 4.98 Å². The van der Waals surface area contributed by atoms with Crippen molar-refractivity contribution in [1.82, 2.24) is 10.1 Å². The van der Waals surface area contributed by atoms with Gasteiger partial charge in [-0.3, -0.25) is 4.84 Å². The van der Waals surface area contributed by atoms with Gasteiger partial charge in [0, 0.05) is 0 Å². The monoisotopic (exact) mass is 217 g/mol. The van der Waals surface area contributed by atoms with Crippen molar-refractivity contribution < 1.29 is 9.36 Å². The van der Waals surface area contributed by atoms with Gasteiger partial charge in [-0.05, 0) is 17.5 Å². The SMILES string of the molecule is NOCc1nc(C2Cc3ccccc32)no1. The summed E-state index contributed by atoms with van der Waals surface area (Å²) in [6, 6.07) is 8.28. The van der Waals surface area contributed by atoms with E-state index in [4.69, 9.17) is 10.4 Å². The Morgan fingerprint density at radius 2 is 2.31 bits per heavy atom. The first kappa shape index (κ1) is 9.50. The van der Waals surface area contributed by atoms with E-state index in [2.05, 4.69) is 27.1 Å². The van der Waals surface area contributed by atoms with E-state index in [9.17, 15) is 0 Å². The van der Waals surface area contributed by atoms with Gasteiger partial charge in [0.05, 0.1) is 5.92 Å². The third-order valence-corrected chi connectivity index (χ3v) is 2.86. The van der Waals surface area contributed by atoms with E-state index < -0.39 is 0 Å². The second kappa shape index (κ2) is 3.70. The maximum absolute atomic E-state index is 5.01. The van der Waals surface area contributed by atoms with Gasteiger partial charge in [-0.1, -0.05) is 29.4 Å². The topological polar surface area (TPSA) is 74.2 Å². The molecule has 0 saturated heterocycles. The molecule has 2 N–H and O–H groups in total. The second-order valence-corrected chi connectivity index (χ2v) is 3.81. The second-order valence-electron chi connectivity index (χ2n) is 3.81. The van der Waals surface area contributed by atoms with E-state index >= 15 is 0 Å². The van der Waals surface area contributed by atoms with Crippen LogP contribution in [0.25, 0.3) is 0 Å². The van der Waals surface area contributed by atoms with Crippen LogP contribution in [-0.2, 0) is 17.9 Å². The molecule has 0 spiro atoms. The van der Waals surface area contributed by atoms with Crippen LogP contribution in [0.4, 0.5) is 0 Å². The predicted molar refractivity (Wildman–Crippen MR) is 55.3 cm³/mol. The summed E-state index contributed by atoms with van der Waals surface area (Å²) >= 11 is 0. The number of aromatic nitrogens is 2. The molecule has 1 atom stereocenters. The Balaban J connectivity index is 1.85. The maximum atomic E-state index is 5.01. The Kier molecular flexibility index (Phi) is 2.19. The molecule has 1 aliphatic rings. The summed E-state index contributed by atoms with van der Waals surface area (Å²) < 4.78 is 5.01. The van der Waals surface area contributed by atoms with Gasteiger partial charge in [-0.25, -0.2) is 5.90 Å². The molecule has 3 rings (SSSR count). The van der Waals surface area contributed by atoms with Crippen molar-refractivity contribution in [3.63, 3.8) is 0 Å². The van der Waals surface area contributed by atoms with Gasteiger partial charge >= 0.3 is 0 Å². The van der Waals surface area contributed by atoms with Crippen molar-refractivity contribution in [3.8, 4) is 0 Å². The Morgan fingerprint density at radius 1 is 1.44 bits per heavy atom. The van der Waals surface area contributed by atoms with Crippen LogP contribution >= 0.6 is 0 Å². The normalized spacial score (nSPS) is 17.9. The molecule has 0 radical (unpaired) electrons. The van der Waals surface area contributed by atoms with Crippen molar-refractivity contribution in [1.29, 1.82) is 0 Å². The molecule has 0 fully saturated rings. The molecule has 2 aromatic rings. The number of nitrogens with two attached hydrogens (primary N) is 1. The number of nitrogens with zero attached hydrogens (tertiary/aromatic N) is 2. The maximum Gasteiger partial charge on any atom is 0.254 e. The van der Waals surface area contributed by atoms with Crippen molar-refractivity contribution in [2.75, 3.05) is 0 Å². The average molecular weight is 217 g/mol. The first-order valence-corrected chi connectivity index (χ1v) is 5.10. The van der Waals surface area contributed by atoms with Gasteiger partial charge < -0.3 is 4.52 Å². The minimum Gasteiger partial charge on any atom is -0.337 e. The van der Waals surface area contributed by atoms with Gasteiger partial charge in [-0.15, -0.1) is 0 Å². The molecular formula is C11H11N3O2. The minimum absolute atomic E-state index is 0.154. The smallest absolute Gasteiger partial charge is 0.254 e. The molecule has 1 aromatic heterocycles. The lowest BCUT2D eigenvalue weighted by atomic mass is 9.77. The molecule has 5 nitrogen and oxygen atoms in total. The molecular weight excluding hydrogens is 206 g/mol. The number of hydrogen-bond acceptors (Lipinski definition) is 5. The zero-order valence-electron chi connectivity index (χ0n) is 8.59. The number of hydrogen-bond donors (Lipinski definition) is 1. The molecule has 0 saturated carbocycles. The van der Waals surface area contributed by atoms with E-state index in [0.717, 1.165) is 6.42 Å². The lowest BCUT2D eigenvalue weighted by molar-refractivity contribution is 0.0995. The number of benzene rings is 1. The summed E-state index contributed by atoms with van der Waals surface area (Å²) in [7, 11) is 0. The molecule has 1 unspecified atom stereocenters. The Labute approximate surface area is 92.2 Å². The van der Waals surface area contributed by atoms with E-state index in [-0.39, 0.29) is 12.5 Å². The molecule has 1 heterocycles. The molecule has 0 bridgehead atoms. The summed E-state index contributed by atoms with van der Waals surface area (Å²) in [5.74, 6) is 6.33. The zero-order chi connectivity index (χ0) is 11.0. The Bertz CT molecular complexity index is 509. The van der Waals surface area contributed by atoms with Crippen molar-refractivity contribution in [2.24, 2.45) is 5.90 Å². The van der Waals surface area contributed by atoms with Crippen LogP contribution in [0, 0.1) is 0 Å².